The van der Waals surface area contributed by atoms with Crippen molar-refractivity contribution in [2.45, 2.75) is 33.4 Å². The fourth-order valence-corrected chi connectivity index (χ4v) is 3.60. The van der Waals surface area contributed by atoms with E-state index < -0.39 is 0 Å². The standard InChI is InChI=1S/C22H24N2O3/c1-3-24-18(13-17-10-15(2)4-6-19(17)24)14-23-22(25)12-16-5-7-20-21(11-16)27-9-8-26-20/h4-7,10-11,13H,3,8-9,12,14H2,1-2H3,(H,23,25). The molecule has 4 rings (SSSR count). The zero-order chi connectivity index (χ0) is 18.8. The number of benzene rings is 2. The van der Waals surface area contributed by atoms with Gasteiger partial charge in [-0.25, -0.2) is 0 Å². The second kappa shape index (κ2) is 7.35. The van der Waals surface area contributed by atoms with Crippen LogP contribution in [0.3, 0.4) is 0 Å². The Morgan fingerprint density at radius 3 is 2.70 bits per heavy atom. The number of ether oxygens (including phenoxy) is 2. The molecule has 0 spiro atoms. The quantitative estimate of drug-likeness (QED) is 0.753. The highest BCUT2D eigenvalue weighted by molar-refractivity contribution is 5.83. The lowest BCUT2D eigenvalue weighted by Crippen LogP contribution is -2.25. The normalized spacial score (nSPS) is 13.0. The van der Waals surface area contributed by atoms with Crippen LogP contribution >= 0.6 is 0 Å². The van der Waals surface area contributed by atoms with E-state index in [4.69, 9.17) is 9.47 Å². The average Bonchev–Trinajstić information content (AvgIpc) is 3.02. The fraction of sp³-hybridized carbons (Fsp3) is 0.318. The molecule has 140 valence electrons. The lowest BCUT2D eigenvalue weighted by molar-refractivity contribution is -0.120. The number of nitrogens with zero attached hydrogens (tertiary/aromatic N) is 1. The number of rotatable bonds is 5. The minimum atomic E-state index is -0.00392. The summed E-state index contributed by atoms with van der Waals surface area (Å²) in [6, 6.07) is 14.3. The first-order valence-corrected chi connectivity index (χ1v) is 9.38. The maximum Gasteiger partial charge on any atom is 0.224 e. The second-order valence-corrected chi connectivity index (χ2v) is 6.87. The number of nitrogens with one attached hydrogen (secondary N) is 1. The number of hydrogen-bond donors (Lipinski definition) is 1. The number of fused-ring (bicyclic) bond motifs is 2. The lowest BCUT2D eigenvalue weighted by Gasteiger charge is -2.18. The van der Waals surface area contributed by atoms with Gasteiger partial charge in [0.05, 0.1) is 13.0 Å². The molecule has 1 aromatic heterocycles. The van der Waals surface area contributed by atoms with Crippen molar-refractivity contribution >= 4 is 16.8 Å². The predicted molar refractivity (Wildman–Crippen MR) is 105 cm³/mol. The molecule has 0 radical (unpaired) electrons. The Morgan fingerprint density at radius 1 is 1.07 bits per heavy atom. The van der Waals surface area contributed by atoms with Gasteiger partial charge in [0.1, 0.15) is 13.2 Å². The Hall–Kier alpha value is -2.95. The molecule has 0 unspecified atom stereocenters. The Bertz CT molecular complexity index is 991. The van der Waals surface area contributed by atoms with Gasteiger partial charge in [0.15, 0.2) is 11.5 Å². The van der Waals surface area contributed by atoms with Crippen LogP contribution in [0.4, 0.5) is 0 Å². The van der Waals surface area contributed by atoms with Crippen molar-refractivity contribution in [3.05, 3.63) is 59.3 Å². The number of aromatic nitrogens is 1. The first-order chi connectivity index (χ1) is 13.1. The third-order valence-corrected chi connectivity index (χ3v) is 4.90. The first-order valence-electron chi connectivity index (χ1n) is 9.38. The average molecular weight is 364 g/mol. The van der Waals surface area contributed by atoms with Gasteiger partial charge in [0.25, 0.3) is 0 Å². The van der Waals surface area contributed by atoms with Crippen molar-refractivity contribution in [3.8, 4) is 11.5 Å². The topological polar surface area (TPSA) is 52.5 Å². The molecular formula is C22H24N2O3. The highest BCUT2D eigenvalue weighted by Crippen LogP contribution is 2.30. The molecule has 0 fully saturated rings. The number of carbonyl (C=O) groups excluding carboxylic acids is 1. The summed E-state index contributed by atoms with van der Waals surface area (Å²) in [5, 5.41) is 4.26. The van der Waals surface area contributed by atoms with E-state index in [2.05, 4.69) is 48.0 Å². The molecule has 3 aromatic rings. The van der Waals surface area contributed by atoms with E-state index >= 15 is 0 Å². The number of amides is 1. The molecule has 1 aliphatic rings. The van der Waals surface area contributed by atoms with Crippen LogP contribution in [0.15, 0.2) is 42.5 Å². The maximum atomic E-state index is 12.4. The predicted octanol–water partition coefficient (Wildman–Crippen LogP) is 3.60. The molecule has 0 atom stereocenters. The molecule has 0 aliphatic carbocycles. The van der Waals surface area contributed by atoms with Crippen LogP contribution < -0.4 is 14.8 Å². The van der Waals surface area contributed by atoms with E-state index in [1.165, 1.54) is 16.5 Å². The smallest absolute Gasteiger partial charge is 0.224 e. The van der Waals surface area contributed by atoms with Crippen LogP contribution in [0.2, 0.25) is 0 Å². The number of hydrogen-bond acceptors (Lipinski definition) is 3. The molecule has 1 amide bonds. The largest absolute Gasteiger partial charge is 0.486 e. The summed E-state index contributed by atoms with van der Waals surface area (Å²) in [6.45, 7) is 6.73. The van der Waals surface area contributed by atoms with Crippen molar-refractivity contribution in [3.63, 3.8) is 0 Å². The summed E-state index contributed by atoms with van der Waals surface area (Å²) in [5.41, 5.74) is 4.49. The monoisotopic (exact) mass is 364 g/mol. The van der Waals surface area contributed by atoms with Gasteiger partial charge in [-0.3, -0.25) is 4.79 Å². The Morgan fingerprint density at radius 2 is 1.89 bits per heavy atom. The van der Waals surface area contributed by atoms with Crippen molar-refractivity contribution < 1.29 is 14.3 Å². The molecule has 2 heterocycles. The maximum absolute atomic E-state index is 12.4. The molecule has 0 saturated carbocycles. The van der Waals surface area contributed by atoms with Gasteiger partial charge in [0, 0.05) is 23.1 Å². The summed E-state index contributed by atoms with van der Waals surface area (Å²) in [7, 11) is 0. The van der Waals surface area contributed by atoms with Crippen LogP contribution in [-0.2, 0) is 24.3 Å². The van der Waals surface area contributed by atoms with Gasteiger partial charge in [-0.05, 0) is 49.7 Å². The highest BCUT2D eigenvalue weighted by atomic mass is 16.6. The van der Waals surface area contributed by atoms with Gasteiger partial charge >= 0.3 is 0 Å². The zero-order valence-corrected chi connectivity index (χ0v) is 15.7. The molecule has 0 saturated heterocycles. The zero-order valence-electron chi connectivity index (χ0n) is 15.7. The molecule has 5 heteroatoms. The number of carbonyl (C=O) groups is 1. The molecule has 1 N–H and O–H groups in total. The molecular weight excluding hydrogens is 340 g/mol. The highest BCUT2D eigenvalue weighted by Gasteiger charge is 2.14. The minimum absolute atomic E-state index is 0.00392. The first kappa shape index (κ1) is 17.5. The van der Waals surface area contributed by atoms with E-state index in [1.807, 2.05) is 18.2 Å². The third kappa shape index (κ3) is 3.63. The van der Waals surface area contributed by atoms with Gasteiger partial charge in [-0.15, -0.1) is 0 Å². The summed E-state index contributed by atoms with van der Waals surface area (Å²) in [6.07, 6.45) is 0.322. The summed E-state index contributed by atoms with van der Waals surface area (Å²) in [5.74, 6) is 1.46. The van der Waals surface area contributed by atoms with Gasteiger partial charge in [-0.2, -0.15) is 0 Å². The van der Waals surface area contributed by atoms with Crippen LogP contribution in [0.1, 0.15) is 23.7 Å². The molecule has 0 bridgehead atoms. The molecule has 2 aromatic carbocycles. The fourth-order valence-electron chi connectivity index (χ4n) is 3.60. The Balaban J connectivity index is 1.44. The van der Waals surface area contributed by atoms with Crippen LogP contribution in [0.5, 0.6) is 11.5 Å². The van der Waals surface area contributed by atoms with Crippen molar-refractivity contribution in [1.82, 2.24) is 9.88 Å². The summed E-state index contributed by atoms with van der Waals surface area (Å²) < 4.78 is 13.4. The second-order valence-electron chi connectivity index (χ2n) is 6.87. The lowest BCUT2D eigenvalue weighted by atomic mass is 10.1. The van der Waals surface area contributed by atoms with Gasteiger partial charge in [-0.1, -0.05) is 17.7 Å². The van der Waals surface area contributed by atoms with Gasteiger partial charge < -0.3 is 19.4 Å². The van der Waals surface area contributed by atoms with E-state index in [9.17, 15) is 4.79 Å². The van der Waals surface area contributed by atoms with Crippen molar-refractivity contribution in [2.24, 2.45) is 0 Å². The Labute approximate surface area is 158 Å². The van der Waals surface area contributed by atoms with Crippen LogP contribution in [0.25, 0.3) is 10.9 Å². The SMILES string of the molecule is CCn1c(CNC(=O)Cc2ccc3c(c2)OCCO3)cc2cc(C)ccc21. The molecule has 5 nitrogen and oxygen atoms in total. The van der Waals surface area contributed by atoms with E-state index in [-0.39, 0.29) is 5.91 Å². The summed E-state index contributed by atoms with van der Waals surface area (Å²) >= 11 is 0. The van der Waals surface area contributed by atoms with E-state index in [0.717, 1.165) is 23.6 Å². The third-order valence-electron chi connectivity index (χ3n) is 4.90. The van der Waals surface area contributed by atoms with Gasteiger partial charge in [0.2, 0.25) is 5.91 Å². The van der Waals surface area contributed by atoms with Crippen molar-refractivity contribution in [2.75, 3.05) is 13.2 Å². The summed E-state index contributed by atoms with van der Waals surface area (Å²) in [4.78, 5) is 12.4. The van der Waals surface area contributed by atoms with E-state index in [0.29, 0.717) is 31.9 Å². The van der Waals surface area contributed by atoms with Crippen LogP contribution in [0, 0.1) is 6.92 Å². The minimum Gasteiger partial charge on any atom is -0.486 e. The van der Waals surface area contributed by atoms with Crippen LogP contribution in [-0.4, -0.2) is 23.7 Å². The Kier molecular flexibility index (Phi) is 4.75. The van der Waals surface area contributed by atoms with E-state index in [1.54, 1.807) is 0 Å². The number of aryl methyl sites for hydroxylation is 2. The van der Waals surface area contributed by atoms with Crippen molar-refractivity contribution in [1.29, 1.82) is 0 Å². The molecule has 1 aliphatic heterocycles. The molecule has 27 heavy (non-hydrogen) atoms.